The molecular formula is C10H14N2O3S. The molecule has 0 spiro atoms. The number of nitrogen functional groups attached to an aromatic ring is 1. The Morgan fingerprint density at radius 1 is 1.69 bits per heavy atom. The molecule has 16 heavy (non-hydrogen) atoms. The van der Waals surface area contributed by atoms with Crippen LogP contribution in [0.15, 0.2) is 17.3 Å². The Kier molecular flexibility index (Phi) is 4.57. The van der Waals surface area contributed by atoms with Gasteiger partial charge in [0.25, 0.3) is 0 Å². The van der Waals surface area contributed by atoms with E-state index in [0.717, 1.165) is 0 Å². The molecule has 0 aromatic carbocycles. The topological polar surface area (TPSA) is 96.4 Å². The monoisotopic (exact) mass is 242 g/mol. The predicted octanol–water partition coefficient (Wildman–Crippen LogP) is 1.08. The van der Waals surface area contributed by atoms with Crippen molar-refractivity contribution in [2.24, 2.45) is 5.92 Å². The van der Waals surface area contributed by atoms with Crippen LogP contribution < -0.4 is 5.73 Å². The second kappa shape index (κ2) is 5.72. The summed E-state index contributed by atoms with van der Waals surface area (Å²) >= 11 is 1.35. The number of thioether (sulfide) groups is 1. The van der Waals surface area contributed by atoms with Gasteiger partial charge in [-0.2, -0.15) is 0 Å². The van der Waals surface area contributed by atoms with Gasteiger partial charge in [0.15, 0.2) is 0 Å². The summed E-state index contributed by atoms with van der Waals surface area (Å²) in [5, 5.41) is 18.2. The molecule has 1 atom stereocenters. The van der Waals surface area contributed by atoms with Crippen LogP contribution in [-0.4, -0.2) is 33.5 Å². The van der Waals surface area contributed by atoms with Crippen LogP contribution in [0.2, 0.25) is 0 Å². The van der Waals surface area contributed by atoms with Crippen molar-refractivity contribution in [3.8, 4) is 0 Å². The van der Waals surface area contributed by atoms with Crippen molar-refractivity contribution in [2.45, 2.75) is 11.9 Å². The molecular weight excluding hydrogens is 228 g/mol. The predicted molar refractivity (Wildman–Crippen MR) is 62.6 cm³/mol. The van der Waals surface area contributed by atoms with E-state index in [4.69, 9.17) is 15.9 Å². The van der Waals surface area contributed by atoms with Gasteiger partial charge in [-0.3, -0.25) is 0 Å². The standard InChI is InChI=1S/C10H14N2O3S/c1-6(4-13)5-16-9-8(11)7(10(14)15)2-3-12-9/h2-3,6,13H,4-5,11H2,1H3,(H,14,15). The molecule has 1 aromatic rings. The van der Waals surface area contributed by atoms with Crippen molar-refractivity contribution in [1.82, 2.24) is 4.98 Å². The maximum Gasteiger partial charge on any atom is 0.337 e. The number of hydrogen-bond donors (Lipinski definition) is 3. The minimum Gasteiger partial charge on any atom is -0.478 e. The first-order valence-electron chi connectivity index (χ1n) is 4.77. The number of nitrogens with two attached hydrogens (primary N) is 1. The van der Waals surface area contributed by atoms with Crippen molar-refractivity contribution in [3.05, 3.63) is 17.8 Å². The summed E-state index contributed by atoms with van der Waals surface area (Å²) in [6, 6.07) is 1.37. The molecule has 1 rings (SSSR count). The van der Waals surface area contributed by atoms with Crippen LogP contribution in [0.1, 0.15) is 17.3 Å². The molecule has 0 radical (unpaired) electrons. The second-order valence-electron chi connectivity index (χ2n) is 3.48. The summed E-state index contributed by atoms with van der Waals surface area (Å²) in [4.78, 5) is 14.8. The molecule has 0 fully saturated rings. The molecule has 0 aliphatic rings. The van der Waals surface area contributed by atoms with Crippen LogP contribution in [0.3, 0.4) is 0 Å². The van der Waals surface area contributed by atoms with E-state index in [0.29, 0.717) is 10.8 Å². The van der Waals surface area contributed by atoms with Crippen LogP contribution in [-0.2, 0) is 0 Å². The average molecular weight is 242 g/mol. The fourth-order valence-electron chi connectivity index (χ4n) is 1.03. The normalized spacial score (nSPS) is 12.4. The van der Waals surface area contributed by atoms with E-state index in [2.05, 4.69) is 4.98 Å². The smallest absolute Gasteiger partial charge is 0.337 e. The molecule has 1 aromatic heterocycles. The Hall–Kier alpha value is -1.27. The number of anilines is 1. The van der Waals surface area contributed by atoms with Crippen molar-refractivity contribution in [3.63, 3.8) is 0 Å². The highest BCUT2D eigenvalue weighted by atomic mass is 32.2. The first kappa shape index (κ1) is 12.8. The van der Waals surface area contributed by atoms with Crippen molar-refractivity contribution >= 4 is 23.4 Å². The molecule has 1 unspecified atom stereocenters. The highest BCUT2D eigenvalue weighted by Crippen LogP contribution is 2.26. The van der Waals surface area contributed by atoms with E-state index < -0.39 is 5.97 Å². The van der Waals surface area contributed by atoms with E-state index in [-0.39, 0.29) is 23.8 Å². The summed E-state index contributed by atoms with van der Waals surface area (Å²) in [6.45, 7) is 1.98. The van der Waals surface area contributed by atoms with Gasteiger partial charge < -0.3 is 15.9 Å². The molecule has 5 nitrogen and oxygen atoms in total. The van der Waals surface area contributed by atoms with Crippen LogP contribution in [0.5, 0.6) is 0 Å². The first-order valence-corrected chi connectivity index (χ1v) is 5.76. The number of carboxylic acid groups (broad SMARTS) is 1. The van der Waals surface area contributed by atoms with E-state index >= 15 is 0 Å². The van der Waals surface area contributed by atoms with Crippen molar-refractivity contribution in [1.29, 1.82) is 0 Å². The lowest BCUT2D eigenvalue weighted by Gasteiger charge is -2.09. The fraction of sp³-hybridized carbons (Fsp3) is 0.400. The second-order valence-corrected chi connectivity index (χ2v) is 4.49. The van der Waals surface area contributed by atoms with Crippen LogP contribution in [0, 0.1) is 5.92 Å². The Labute approximate surface area is 97.7 Å². The highest BCUT2D eigenvalue weighted by Gasteiger charge is 2.13. The lowest BCUT2D eigenvalue weighted by Crippen LogP contribution is -2.07. The Bertz CT molecular complexity index is 384. The molecule has 0 amide bonds. The van der Waals surface area contributed by atoms with E-state index in [9.17, 15) is 4.79 Å². The molecule has 1 heterocycles. The summed E-state index contributed by atoms with van der Waals surface area (Å²) < 4.78 is 0. The highest BCUT2D eigenvalue weighted by molar-refractivity contribution is 7.99. The average Bonchev–Trinajstić information content (AvgIpc) is 2.26. The number of pyridine rings is 1. The number of aromatic nitrogens is 1. The number of aliphatic hydroxyl groups is 1. The molecule has 0 saturated heterocycles. The minimum absolute atomic E-state index is 0.0640. The zero-order valence-electron chi connectivity index (χ0n) is 8.88. The van der Waals surface area contributed by atoms with Gasteiger partial charge >= 0.3 is 5.97 Å². The van der Waals surface area contributed by atoms with Gasteiger partial charge in [0.1, 0.15) is 5.03 Å². The number of aromatic carboxylic acids is 1. The minimum atomic E-state index is -1.06. The van der Waals surface area contributed by atoms with Crippen LogP contribution in [0.25, 0.3) is 0 Å². The maximum absolute atomic E-state index is 10.8. The van der Waals surface area contributed by atoms with Gasteiger partial charge in [0.05, 0.1) is 11.3 Å². The van der Waals surface area contributed by atoms with Gasteiger partial charge in [-0.05, 0) is 12.0 Å². The van der Waals surface area contributed by atoms with Gasteiger partial charge in [0.2, 0.25) is 0 Å². The Morgan fingerprint density at radius 2 is 2.38 bits per heavy atom. The molecule has 0 aliphatic carbocycles. The molecule has 0 bridgehead atoms. The number of aliphatic hydroxyl groups excluding tert-OH is 1. The lowest BCUT2D eigenvalue weighted by molar-refractivity contribution is 0.0697. The maximum atomic E-state index is 10.8. The van der Waals surface area contributed by atoms with Crippen molar-refractivity contribution < 1.29 is 15.0 Å². The molecule has 88 valence electrons. The molecule has 0 aliphatic heterocycles. The SMILES string of the molecule is CC(CO)CSc1nccc(C(=O)O)c1N. The van der Waals surface area contributed by atoms with E-state index in [1.165, 1.54) is 24.0 Å². The lowest BCUT2D eigenvalue weighted by atomic mass is 10.2. The first-order chi connectivity index (χ1) is 7.56. The van der Waals surface area contributed by atoms with Crippen LogP contribution >= 0.6 is 11.8 Å². The number of hydrogen-bond acceptors (Lipinski definition) is 5. The molecule has 0 saturated carbocycles. The van der Waals surface area contributed by atoms with Gasteiger partial charge in [-0.15, -0.1) is 11.8 Å². The number of nitrogens with zero attached hydrogens (tertiary/aromatic N) is 1. The Balaban J connectivity index is 2.81. The van der Waals surface area contributed by atoms with Gasteiger partial charge in [-0.1, -0.05) is 6.92 Å². The number of carboxylic acids is 1. The van der Waals surface area contributed by atoms with Crippen molar-refractivity contribution in [2.75, 3.05) is 18.1 Å². The summed E-state index contributed by atoms with van der Waals surface area (Å²) in [7, 11) is 0. The summed E-state index contributed by atoms with van der Waals surface area (Å²) in [5.41, 5.74) is 5.93. The van der Waals surface area contributed by atoms with E-state index in [1.807, 2.05) is 6.92 Å². The number of carbonyl (C=O) groups is 1. The summed E-state index contributed by atoms with van der Waals surface area (Å²) in [6.07, 6.45) is 1.42. The third kappa shape index (κ3) is 3.11. The zero-order valence-corrected chi connectivity index (χ0v) is 9.70. The number of rotatable bonds is 5. The Morgan fingerprint density at radius 3 is 2.94 bits per heavy atom. The largest absolute Gasteiger partial charge is 0.478 e. The van der Waals surface area contributed by atoms with Gasteiger partial charge in [-0.25, -0.2) is 9.78 Å². The molecule has 4 N–H and O–H groups in total. The third-order valence-corrected chi connectivity index (χ3v) is 3.33. The quantitative estimate of drug-likeness (QED) is 0.669. The van der Waals surface area contributed by atoms with Crippen LogP contribution in [0.4, 0.5) is 5.69 Å². The third-order valence-electron chi connectivity index (χ3n) is 2.00. The summed E-state index contributed by atoms with van der Waals surface area (Å²) in [5.74, 6) is -0.284. The van der Waals surface area contributed by atoms with E-state index in [1.54, 1.807) is 0 Å². The molecule has 6 heteroatoms. The zero-order chi connectivity index (χ0) is 12.1. The van der Waals surface area contributed by atoms with Gasteiger partial charge in [0, 0.05) is 18.6 Å². The fourth-order valence-corrected chi connectivity index (χ4v) is 1.98.